The summed E-state index contributed by atoms with van der Waals surface area (Å²) in [5.74, 6) is -1.15. The Hall–Kier alpha value is -1.67. The van der Waals surface area contributed by atoms with Gasteiger partial charge in [0.2, 0.25) is 0 Å². The fourth-order valence-corrected chi connectivity index (χ4v) is 3.36. The molecule has 1 aromatic rings. The van der Waals surface area contributed by atoms with Crippen LogP contribution in [-0.2, 0) is 10.2 Å². The molecule has 0 saturated carbocycles. The van der Waals surface area contributed by atoms with Crippen LogP contribution in [0.5, 0.6) is 0 Å². The van der Waals surface area contributed by atoms with Gasteiger partial charge in [0.25, 0.3) is 0 Å². The minimum atomic E-state index is -3.60. The van der Waals surface area contributed by atoms with Crippen LogP contribution >= 0.6 is 0 Å². The predicted molar refractivity (Wildman–Crippen MR) is 73.8 cm³/mol. The van der Waals surface area contributed by atoms with Gasteiger partial charge in [-0.15, -0.1) is 0 Å². The van der Waals surface area contributed by atoms with Crippen LogP contribution in [0.4, 0.5) is 5.69 Å². The third-order valence-corrected chi connectivity index (χ3v) is 4.67. The average molecular weight is 299 g/mol. The maximum atomic E-state index is 12.2. The van der Waals surface area contributed by atoms with E-state index < -0.39 is 16.2 Å². The summed E-state index contributed by atoms with van der Waals surface area (Å²) in [5, 5.41) is 8.73. The normalized spacial score (nSPS) is 17.4. The van der Waals surface area contributed by atoms with Crippen molar-refractivity contribution in [1.82, 2.24) is 9.29 Å². The van der Waals surface area contributed by atoms with E-state index >= 15 is 0 Å². The predicted octanol–water partition coefficient (Wildman–Crippen LogP) is 1.31. The zero-order valence-corrected chi connectivity index (χ0v) is 11.8. The van der Waals surface area contributed by atoms with Crippen molar-refractivity contribution < 1.29 is 18.3 Å². The smallest absolute Gasteiger partial charge is 0.354 e. The summed E-state index contributed by atoms with van der Waals surface area (Å²) in [5.41, 5.74) is 0.141. The molecule has 0 radical (unpaired) electrons. The highest BCUT2D eigenvalue weighted by atomic mass is 32.2. The van der Waals surface area contributed by atoms with Crippen LogP contribution in [0.15, 0.2) is 18.3 Å². The van der Waals surface area contributed by atoms with Crippen molar-refractivity contribution >= 4 is 21.9 Å². The van der Waals surface area contributed by atoms with Gasteiger partial charge in [-0.25, -0.2) is 9.78 Å². The quantitative estimate of drug-likeness (QED) is 0.873. The molecule has 20 heavy (non-hydrogen) atoms. The standard InChI is InChI=1S/C12H17N3O4S/c16-12(17)11-6-5-10(9-13-11)14-20(18,19)15-7-3-1-2-4-8-15/h5-6,9,14H,1-4,7-8H2,(H,16,17). The van der Waals surface area contributed by atoms with Gasteiger partial charge >= 0.3 is 16.2 Å². The molecule has 1 fully saturated rings. The van der Waals surface area contributed by atoms with E-state index in [0.717, 1.165) is 25.7 Å². The number of aromatic nitrogens is 1. The molecule has 0 spiro atoms. The first-order valence-corrected chi connectivity index (χ1v) is 7.90. The summed E-state index contributed by atoms with van der Waals surface area (Å²) in [6.07, 6.45) is 5.01. The molecule has 2 rings (SSSR count). The lowest BCUT2D eigenvalue weighted by atomic mass is 10.2. The van der Waals surface area contributed by atoms with E-state index in [1.54, 1.807) is 0 Å². The highest BCUT2D eigenvalue weighted by molar-refractivity contribution is 7.90. The van der Waals surface area contributed by atoms with Gasteiger partial charge in [0.05, 0.1) is 11.9 Å². The van der Waals surface area contributed by atoms with Crippen molar-refractivity contribution in [2.75, 3.05) is 17.8 Å². The van der Waals surface area contributed by atoms with Gasteiger partial charge in [0.15, 0.2) is 0 Å². The number of aromatic carboxylic acids is 1. The van der Waals surface area contributed by atoms with E-state index in [9.17, 15) is 13.2 Å². The number of hydrogen-bond donors (Lipinski definition) is 2. The molecule has 1 aliphatic rings. The Bertz CT molecular complexity index is 563. The third-order valence-electron chi connectivity index (χ3n) is 3.13. The molecule has 1 saturated heterocycles. The molecule has 2 heterocycles. The Morgan fingerprint density at radius 3 is 2.35 bits per heavy atom. The van der Waals surface area contributed by atoms with Gasteiger partial charge in [-0.2, -0.15) is 12.7 Å². The van der Waals surface area contributed by atoms with Gasteiger partial charge in [-0.3, -0.25) is 4.72 Å². The number of hydrogen-bond acceptors (Lipinski definition) is 4. The molecule has 1 aliphatic heterocycles. The summed E-state index contributed by atoms with van der Waals surface area (Å²) in [6.45, 7) is 1.02. The van der Waals surface area contributed by atoms with Crippen molar-refractivity contribution in [3.8, 4) is 0 Å². The number of nitrogens with one attached hydrogen (secondary N) is 1. The summed E-state index contributed by atoms with van der Waals surface area (Å²) in [4.78, 5) is 14.4. The van der Waals surface area contributed by atoms with E-state index in [0.29, 0.717) is 13.1 Å². The SMILES string of the molecule is O=C(O)c1ccc(NS(=O)(=O)N2CCCCCC2)cn1. The van der Waals surface area contributed by atoms with Gasteiger partial charge in [-0.1, -0.05) is 12.8 Å². The molecule has 0 aromatic carbocycles. The first-order valence-electron chi connectivity index (χ1n) is 6.46. The molecular weight excluding hydrogens is 282 g/mol. The first-order chi connectivity index (χ1) is 9.49. The Balaban J connectivity index is 2.08. The summed E-state index contributed by atoms with van der Waals surface area (Å²) in [7, 11) is -3.60. The second kappa shape index (κ2) is 6.19. The van der Waals surface area contributed by atoms with Gasteiger partial charge in [0, 0.05) is 13.1 Å². The minimum absolute atomic E-state index is 0.122. The van der Waals surface area contributed by atoms with E-state index in [4.69, 9.17) is 5.11 Å². The molecular formula is C12H17N3O4S. The van der Waals surface area contributed by atoms with E-state index in [2.05, 4.69) is 9.71 Å². The van der Waals surface area contributed by atoms with Crippen LogP contribution in [0.2, 0.25) is 0 Å². The van der Waals surface area contributed by atoms with E-state index in [-0.39, 0.29) is 11.4 Å². The Kier molecular flexibility index (Phi) is 4.56. The number of rotatable bonds is 4. The number of carboxylic acid groups (broad SMARTS) is 1. The second-order valence-electron chi connectivity index (χ2n) is 4.66. The monoisotopic (exact) mass is 299 g/mol. The largest absolute Gasteiger partial charge is 0.477 e. The lowest BCUT2D eigenvalue weighted by Gasteiger charge is -2.20. The maximum Gasteiger partial charge on any atom is 0.354 e. The number of carboxylic acids is 1. The Labute approximate surface area is 117 Å². The summed E-state index contributed by atoms with van der Waals surface area (Å²) < 4.78 is 28.2. The molecule has 0 aliphatic carbocycles. The lowest BCUT2D eigenvalue weighted by molar-refractivity contribution is 0.0690. The van der Waals surface area contributed by atoms with Gasteiger partial charge in [-0.05, 0) is 25.0 Å². The number of nitrogens with zero attached hydrogens (tertiary/aromatic N) is 2. The van der Waals surface area contributed by atoms with Crippen LogP contribution in [0, 0.1) is 0 Å². The van der Waals surface area contributed by atoms with Gasteiger partial charge < -0.3 is 5.11 Å². The van der Waals surface area contributed by atoms with Crippen molar-refractivity contribution in [1.29, 1.82) is 0 Å². The average Bonchev–Trinajstić information content (AvgIpc) is 2.68. The number of anilines is 1. The fraction of sp³-hybridized carbons (Fsp3) is 0.500. The molecule has 0 bridgehead atoms. The molecule has 2 N–H and O–H groups in total. The number of carbonyl (C=O) groups is 1. The molecule has 110 valence electrons. The van der Waals surface area contributed by atoms with Crippen LogP contribution in [0.25, 0.3) is 0 Å². The van der Waals surface area contributed by atoms with Crippen molar-refractivity contribution in [2.45, 2.75) is 25.7 Å². The van der Waals surface area contributed by atoms with Crippen LogP contribution in [-0.4, -0.2) is 41.9 Å². The lowest BCUT2D eigenvalue weighted by Crippen LogP contribution is -2.36. The second-order valence-corrected chi connectivity index (χ2v) is 6.33. The number of pyridine rings is 1. The highest BCUT2D eigenvalue weighted by Gasteiger charge is 2.22. The first kappa shape index (κ1) is 14.7. The van der Waals surface area contributed by atoms with Crippen LogP contribution in [0.1, 0.15) is 36.2 Å². The topological polar surface area (TPSA) is 99.6 Å². The Morgan fingerprint density at radius 1 is 1.20 bits per heavy atom. The molecule has 7 nitrogen and oxygen atoms in total. The molecule has 0 amide bonds. The minimum Gasteiger partial charge on any atom is -0.477 e. The summed E-state index contributed by atoms with van der Waals surface area (Å²) >= 11 is 0. The van der Waals surface area contributed by atoms with Gasteiger partial charge in [0.1, 0.15) is 5.69 Å². The van der Waals surface area contributed by atoms with Crippen LogP contribution < -0.4 is 4.72 Å². The molecule has 8 heteroatoms. The van der Waals surface area contributed by atoms with Crippen molar-refractivity contribution in [3.63, 3.8) is 0 Å². The summed E-state index contributed by atoms with van der Waals surface area (Å²) in [6, 6.07) is 2.66. The van der Waals surface area contributed by atoms with Crippen molar-refractivity contribution in [2.24, 2.45) is 0 Å². The maximum absolute atomic E-state index is 12.2. The van der Waals surface area contributed by atoms with Crippen LogP contribution in [0.3, 0.4) is 0 Å². The van der Waals surface area contributed by atoms with E-state index in [1.165, 1.54) is 22.6 Å². The Morgan fingerprint density at radius 2 is 1.85 bits per heavy atom. The molecule has 0 atom stereocenters. The zero-order valence-electron chi connectivity index (χ0n) is 10.9. The van der Waals surface area contributed by atoms with E-state index in [1.807, 2.05) is 0 Å². The molecule has 1 aromatic heterocycles. The molecule has 0 unspecified atom stereocenters. The fourth-order valence-electron chi connectivity index (χ4n) is 2.08. The highest BCUT2D eigenvalue weighted by Crippen LogP contribution is 2.16. The zero-order chi connectivity index (χ0) is 14.6. The van der Waals surface area contributed by atoms with Crippen molar-refractivity contribution in [3.05, 3.63) is 24.0 Å². The third kappa shape index (κ3) is 3.67.